The van der Waals surface area contributed by atoms with E-state index in [2.05, 4.69) is 10.3 Å². The summed E-state index contributed by atoms with van der Waals surface area (Å²) in [6.45, 7) is -0.120. The standard InChI is InChI=1S/C17H14ClN3O3/c1-24-15-7-6-11(8-12(15)18)20-16(22)10-21-14-5-3-2-4-13(14)19-9-17(21)23/h2-9H,10H2,1H3,(H,20,22). The number of fused-ring (bicyclic) bond motifs is 1. The fraction of sp³-hybridized carbons (Fsp3) is 0.118. The molecule has 24 heavy (non-hydrogen) atoms. The van der Waals surface area contributed by atoms with Crippen LogP contribution in [0.4, 0.5) is 5.69 Å². The summed E-state index contributed by atoms with van der Waals surface area (Å²) >= 11 is 6.04. The third-order valence-electron chi connectivity index (χ3n) is 3.49. The van der Waals surface area contributed by atoms with Gasteiger partial charge in [0, 0.05) is 5.69 Å². The summed E-state index contributed by atoms with van der Waals surface area (Å²) in [5.74, 6) is 0.181. The molecule has 1 N–H and O–H groups in total. The molecule has 1 heterocycles. The van der Waals surface area contributed by atoms with Crippen molar-refractivity contribution < 1.29 is 9.53 Å². The van der Waals surface area contributed by atoms with Crippen molar-refractivity contribution in [1.82, 2.24) is 9.55 Å². The van der Waals surface area contributed by atoms with E-state index in [9.17, 15) is 9.59 Å². The lowest BCUT2D eigenvalue weighted by Gasteiger charge is -2.11. The van der Waals surface area contributed by atoms with Gasteiger partial charge in [0.05, 0.1) is 29.4 Å². The average Bonchev–Trinajstić information content (AvgIpc) is 2.58. The van der Waals surface area contributed by atoms with Crippen LogP contribution in [0.5, 0.6) is 5.75 Å². The van der Waals surface area contributed by atoms with Gasteiger partial charge in [-0.3, -0.25) is 14.2 Å². The first-order valence-corrected chi connectivity index (χ1v) is 7.54. The summed E-state index contributed by atoms with van der Waals surface area (Å²) in [4.78, 5) is 28.4. The maximum atomic E-state index is 12.3. The summed E-state index contributed by atoms with van der Waals surface area (Å²) < 4.78 is 6.45. The van der Waals surface area contributed by atoms with Crippen LogP contribution in [-0.4, -0.2) is 22.6 Å². The Morgan fingerprint density at radius 3 is 2.83 bits per heavy atom. The van der Waals surface area contributed by atoms with Gasteiger partial charge >= 0.3 is 0 Å². The number of nitrogens with zero attached hydrogens (tertiary/aromatic N) is 2. The molecule has 1 aromatic heterocycles. The van der Waals surface area contributed by atoms with Crippen LogP contribution >= 0.6 is 11.6 Å². The molecule has 6 nitrogen and oxygen atoms in total. The van der Waals surface area contributed by atoms with Crippen LogP contribution in [0.25, 0.3) is 11.0 Å². The molecule has 0 aliphatic rings. The summed E-state index contributed by atoms with van der Waals surface area (Å²) in [6.07, 6.45) is 1.21. The molecule has 0 bridgehead atoms. The second kappa shape index (κ2) is 6.72. The van der Waals surface area contributed by atoms with Gasteiger partial charge in [0.25, 0.3) is 5.56 Å². The Balaban J connectivity index is 1.84. The number of para-hydroxylation sites is 2. The van der Waals surface area contributed by atoms with Crippen LogP contribution in [-0.2, 0) is 11.3 Å². The Labute approximate surface area is 142 Å². The molecular formula is C17H14ClN3O3. The van der Waals surface area contributed by atoms with Crippen LogP contribution in [0, 0.1) is 0 Å². The maximum Gasteiger partial charge on any atom is 0.269 e. The van der Waals surface area contributed by atoms with E-state index in [1.165, 1.54) is 17.9 Å². The predicted octanol–water partition coefficient (Wildman–Crippen LogP) is 2.70. The van der Waals surface area contributed by atoms with Crippen molar-refractivity contribution in [3.63, 3.8) is 0 Å². The van der Waals surface area contributed by atoms with Gasteiger partial charge in [0.2, 0.25) is 5.91 Å². The Bertz CT molecular complexity index is 969. The molecule has 0 saturated carbocycles. The van der Waals surface area contributed by atoms with Crippen LogP contribution in [0.2, 0.25) is 5.02 Å². The Morgan fingerprint density at radius 2 is 2.08 bits per heavy atom. The van der Waals surface area contributed by atoms with Gasteiger partial charge in [-0.2, -0.15) is 0 Å². The number of carbonyl (C=O) groups excluding carboxylic acids is 1. The lowest BCUT2D eigenvalue weighted by Crippen LogP contribution is -2.27. The number of anilines is 1. The number of methoxy groups -OCH3 is 1. The number of halogens is 1. The second-order valence-electron chi connectivity index (χ2n) is 5.07. The zero-order chi connectivity index (χ0) is 17.1. The molecule has 0 radical (unpaired) electrons. The number of amides is 1. The predicted molar refractivity (Wildman–Crippen MR) is 92.6 cm³/mol. The quantitative estimate of drug-likeness (QED) is 0.790. The molecule has 3 rings (SSSR count). The molecule has 0 unspecified atom stereocenters. The molecule has 0 aliphatic carbocycles. The zero-order valence-electron chi connectivity index (χ0n) is 12.8. The normalized spacial score (nSPS) is 10.6. The van der Waals surface area contributed by atoms with Gasteiger partial charge in [0.15, 0.2) is 0 Å². The van der Waals surface area contributed by atoms with Crippen molar-refractivity contribution in [3.8, 4) is 5.75 Å². The molecule has 3 aromatic rings. The first kappa shape index (κ1) is 16.0. The van der Waals surface area contributed by atoms with E-state index < -0.39 is 0 Å². The number of rotatable bonds is 4. The first-order valence-electron chi connectivity index (χ1n) is 7.16. The highest BCUT2D eigenvalue weighted by Crippen LogP contribution is 2.27. The van der Waals surface area contributed by atoms with Gasteiger partial charge in [-0.25, -0.2) is 4.98 Å². The van der Waals surface area contributed by atoms with E-state index in [4.69, 9.17) is 16.3 Å². The van der Waals surface area contributed by atoms with Gasteiger partial charge in [0.1, 0.15) is 12.3 Å². The number of aromatic nitrogens is 2. The SMILES string of the molecule is COc1ccc(NC(=O)Cn2c(=O)cnc3ccccc32)cc1Cl. The van der Waals surface area contributed by atoms with Crippen LogP contribution in [0.15, 0.2) is 53.5 Å². The molecule has 0 aliphatic heterocycles. The van der Waals surface area contributed by atoms with Crippen molar-refractivity contribution in [2.24, 2.45) is 0 Å². The smallest absolute Gasteiger partial charge is 0.269 e. The minimum absolute atomic E-state index is 0.120. The largest absolute Gasteiger partial charge is 0.495 e. The second-order valence-corrected chi connectivity index (χ2v) is 5.48. The molecule has 1 amide bonds. The fourth-order valence-corrected chi connectivity index (χ4v) is 2.62. The van der Waals surface area contributed by atoms with E-state index >= 15 is 0 Å². The van der Waals surface area contributed by atoms with E-state index in [1.54, 1.807) is 36.4 Å². The lowest BCUT2D eigenvalue weighted by atomic mass is 10.3. The Hall–Kier alpha value is -2.86. The summed E-state index contributed by atoms with van der Waals surface area (Å²) in [5, 5.41) is 3.11. The van der Waals surface area contributed by atoms with E-state index in [1.807, 2.05) is 6.07 Å². The van der Waals surface area contributed by atoms with E-state index in [0.717, 1.165) is 0 Å². The minimum Gasteiger partial charge on any atom is -0.495 e. The molecule has 0 fully saturated rings. The van der Waals surface area contributed by atoms with Crippen molar-refractivity contribution in [2.45, 2.75) is 6.54 Å². The highest BCUT2D eigenvalue weighted by atomic mass is 35.5. The highest BCUT2D eigenvalue weighted by Gasteiger charge is 2.10. The Kier molecular flexibility index (Phi) is 4.48. The zero-order valence-corrected chi connectivity index (χ0v) is 13.6. The number of carbonyl (C=O) groups is 1. The summed E-state index contributed by atoms with van der Waals surface area (Å²) in [7, 11) is 1.51. The molecule has 0 spiro atoms. The lowest BCUT2D eigenvalue weighted by molar-refractivity contribution is -0.116. The van der Waals surface area contributed by atoms with E-state index in [0.29, 0.717) is 27.5 Å². The monoisotopic (exact) mass is 343 g/mol. The van der Waals surface area contributed by atoms with Crippen molar-refractivity contribution in [3.05, 3.63) is 64.0 Å². The summed E-state index contributed by atoms with van der Waals surface area (Å²) in [6, 6.07) is 12.1. The fourth-order valence-electron chi connectivity index (χ4n) is 2.37. The van der Waals surface area contributed by atoms with Crippen molar-refractivity contribution in [2.75, 3.05) is 12.4 Å². The number of hydrogen-bond acceptors (Lipinski definition) is 4. The van der Waals surface area contributed by atoms with Crippen molar-refractivity contribution in [1.29, 1.82) is 0 Å². The van der Waals surface area contributed by atoms with Gasteiger partial charge in [-0.15, -0.1) is 0 Å². The van der Waals surface area contributed by atoms with Gasteiger partial charge < -0.3 is 10.1 Å². The average molecular weight is 344 g/mol. The van der Waals surface area contributed by atoms with Crippen LogP contribution in [0.3, 0.4) is 0 Å². The van der Waals surface area contributed by atoms with E-state index in [-0.39, 0.29) is 18.0 Å². The van der Waals surface area contributed by atoms with Crippen LogP contribution < -0.4 is 15.6 Å². The van der Waals surface area contributed by atoms with Gasteiger partial charge in [-0.05, 0) is 30.3 Å². The number of hydrogen-bond donors (Lipinski definition) is 1. The number of nitrogens with one attached hydrogen (secondary N) is 1. The number of benzene rings is 2. The molecular weight excluding hydrogens is 330 g/mol. The maximum absolute atomic E-state index is 12.3. The first-order chi connectivity index (χ1) is 11.6. The van der Waals surface area contributed by atoms with Crippen LogP contribution in [0.1, 0.15) is 0 Å². The molecule has 7 heteroatoms. The topological polar surface area (TPSA) is 73.2 Å². The molecule has 0 atom stereocenters. The number of ether oxygens (including phenoxy) is 1. The highest BCUT2D eigenvalue weighted by molar-refractivity contribution is 6.32. The van der Waals surface area contributed by atoms with Gasteiger partial charge in [-0.1, -0.05) is 23.7 Å². The molecule has 2 aromatic carbocycles. The molecule has 0 saturated heterocycles. The third-order valence-corrected chi connectivity index (χ3v) is 3.79. The third kappa shape index (κ3) is 3.23. The summed E-state index contributed by atoms with van der Waals surface area (Å²) in [5.41, 5.74) is 1.44. The Morgan fingerprint density at radius 1 is 1.29 bits per heavy atom. The minimum atomic E-state index is -0.338. The molecule has 122 valence electrons. The van der Waals surface area contributed by atoms with Crippen molar-refractivity contribution >= 4 is 34.2 Å².